The highest BCUT2D eigenvalue weighted by Crippen LogP contribution is 2.26. The minimum absolute atomic E-state index is 0.138. The van der Waals surface area contributed by atoms with E-state index in [9.17, 15) is 8.42 Å². The van der Waals surface area contributed by atoms with Gasteiger partial charge in [0, 0.05) is 43.4 Å². The van der Waals surface area contributed by atoms with Crippen molar-refractivity contribution in [3.63, 3.8) is 0 Å². The topological polar surface area (TPSA) is 110 Å². The Morgan fingerprint density at radius 1 is 0.889 bits per heavy atom. The number of aromatic nitrogens is 4. The van der Waals surface area contributed by atoms with E-state index in [0.717, 1.165) is 18.2 Å². The highest BCUT2D eigenvalue weighted by Gasteiger charge is 2.28. The molecule has 2 fully saturated rings. The summed E-state index contributed by atoms with van der Waals surface area (Å²) in [6.07, 6.45) is 15.7. The number of benzene rings is 1. The summed E-state index contributed by atoms with van der Waals surface area (Å²) in [6, 6.07) is 8.53. The monoisotopic (exact) mass is 511 g/mol. The van der Waals surface area contributed by atoms with Gasteiger partial charge in [-0.1, -0.05) is 18.6 Å². The number of piperidine rings is 1. The van der Waals surface area contributed by atoms with Gasteiger partial charge in [-0.3, -0.25) is 0 Å². The maximum Gasteiger partial charge on any atom is 0.243 e. The Bertz CT molecular complexity index is 1110. The number of nitrogens with one attached hydrogen (secondary N) is 3. The molecule has 0 bridgehead atoms. The quantitative estimate of drug-likeness (QED) is 0.385. The Balaban J connectivity index is 1.17. The number of sulfonamides is 1. The molecule has 194 valence electrons. The van der Waals surface area contributed by atoms with Gasteiger partial charge in [-0.25, -0.2) is 18.4 Å². The van der Waals surface area contributed by atoms with Crippen LogP contribution in [0.25, 0.3) is 0 Å². The molecule has 3 aromatic rings. The number of hydrogen-bond acceptors (Lipinski definition) is 6. The first-order valence-corrected chi connectivity index (χ1v) is 14.5. The lowest BCUT2D eigenvalue weighted by atomic mass is 9.89. The lowest BCUT2D eigenvalue weighted by Crippen LogP contribution is -2.44. The van der Waals surface area contributed by atoms with Crippen molar-refractivity contribution in [3.8, 4) is 0 Å². The molecule has 0 unspecified atom stereocenters. The molecule has 1 aromatic carbocycles. The van der Waals surface area contributed by atoms with Gasteiger partial charge in [0.1, 0.15) is 11.6 Å². The van der Waals surface area contributed by atoms with Crippen LogP contribution in [0.4, 0.5) is 0 Å². The van der Waals surface area contributed by atoms with Crippen molar-refractivity contribution in [2.45, 2.75) is 81.6 Å². The van der Waals surface area contributed by atoms with Crippen LogP contribution in [0.2, 0.25) is 0 Å². The molecule has 0 spiro atoms. The van der Waals surface area contributed by atoms with E-state index in [2.05, 4.69) is 30.2 Å². The van der Waals surface area contributed by atoms with Gasteiger partial charge in [-0.2, -0.15) is 4.31 Å². The lowest BCUT2D eigenvalue weighted by molar-refractivity contribution is 0.120. The SMILES string of the molecule is O=S(=O)(c1ccc(CNC2CCC(N3CCCCC3)CC2)cc1)N(Cc1ncc[nH]1)Cc1ncc[nH]1. The molecule has 1 aliphatic carbocycles. The van der Waals surface area contributed by atoms with Crippen LogP contribution in [0.5, 0.6) is 0 Å². The normalized spacial score (nSPS) is 21.7. The largest absolute Gasteiger partial charge is 0.347 e. The van der Waals surface area contributed by atoms with Crippen LogP contribution in [0.1, 0.15) is 62.2 Å². The highest BCUT2D eigenvalue weighted by molar-refractivity contribution is 7.89. The van der Waals surface area contributed by atoms with Crippen molar-refractivity contribution in [2.24, 2.45) is 0 Å². The fourth-order valence-corrected chi connectivity index (χ4v) is 6.81. The molecule has 0 radical (unpaired) electrons. The van der Waals surface area contributed by atoms with E-state index < -0.39 is 10.0 Å². The summed E-state index contributed by atoms with van der Waals surface area (Å²) in [6.45, 7) is 3.58. The smallest absolute Gasteiger partial charge is 0.243 e. The summed E-state index contributed by atoms with van der Waals surface area (Å²) >= 11 is 0. The first-order chi connectivity index (χ1) is 17.6. The number of hydrogen-bond donors (Lipinski definition) is 3. The Hall–Kier alpha value is -2.53. The van der Waals surface area contributed by atoms with Crippen molar-refractivity contribution < 1.29 is 8.42 Å². The van der Waals surface area contributed by atoms with Crippen LogP contribution < -0.4 is 5.32 Å². The number of H-pyrrole nitrogens is 2. The zero-order valence-electron chi connectivity index (χ0n) is 20.8. The Morgan fingerprint density at radius 2 is 1.50 bits per heavy atom. The van der Waals surface area contributed by atoms with Crippen LogP contribution in [-0.4, -0.2) is 62.7 Å². The van der Waals surface area contributed by atoms with Gasteiger partial charge in [0.15, 0.2) is 0 Å². The predicted molar refractivity (Wildman–Crippen MR) is 138 cm³/mol. The molecule has 2 aliphatic rings. The minimum Gasteiger partial charge on any atom is -0.347 e. The Morgan fingerprint density at radius 3 is 2.06 bits per heavy atom. The number of aromatic amines is 2. The summed E-state index contributed by atoms with van der Waals surface area (Å²) in [5, 5.41) is 3.70. The van der Waals surface area contributed by atoms with Crippen molar-refractivity contribution in [1.82, 2.24) is 34.5 Å². The second kappa shape index (κ2) is 11.7. The summed E-state index contributed by atoms with van der Waals surface area (Å²) < 4.78 is 28.4. The third-order valence-corrected chi connectivity index (χ3v) is 9.33. The summed E-state index contributed by atoms with van der Waals surface area (Å²) in [4.78, 5) is 17.4. The van der Waals surface area contributed by atoms with Gasteiger partial charge in [-0.15, -0.1) is 0 Å². The number of rotatable bonds is 10. The molecule has 5 rings (SSSR count). The van der Waals surface area contributed by atoms with E-state index >= 15 is 0 Å². The molecule has 3 N–H and O–H groups in total. The van der Waals surface area contributed by atoms with Crippen LogP contribution in [0.15, 0.2) is 53.9 Å². The van der Waals surface area contributed by atoms with Crippen LogP contribution >= 0.6 is 0 Å². The zero-order chi connectivity index (χ0) is 24.8. The highest BCUT2D eigenvalue weighted by atomic mass is 32.2. The zero-order valence-corrected chi connectivity index (χ0v) is 21.6. The molecule has 2 aromatic heterocycles. The molecule has 1 saturated carbocycles. The summed E-state index contributed by atoms with van der Waals surface area (Å²) in [5.41, 5.74) is 1.09. The second-order valence-electron chi connectivity index (χ2n) is 9.97. The standard InChI is InChI=1S/C26H37N7O2S/c34-36(35,33(19-25-27-12-13-28-25)20-26-29-14-15-30-26)24-10-4-21(5-11-24)18-31-22-6-8-23(9-7-22)32-16-2-1-3-17-32/h4-5,10-15,22-23,31H,1-3,6-9,16-20H2,(H,27,28)(H,29,30). The van der Waals surface area contributed by atoms with E-state index in [1.54, 1.807) is 36.9 Å². The van der Waals surface area contributed by atoms with Crippen LogP contribution in [0, 0.1) is 0 Å². The van der Waals surface area contributed by atoms with E-state index in [0.29, 0.717) is 17.7 Å². The molecule has 36 heavy (non-hydrogen) atoms. The molecule has 0 amide bonds. The molecular weight excluding hydrogens is 474 g/mol. The third-order valence-electron chi connectivity index (χ3n) is 7.52. The van der Waals surface area contributed by atoms with E-state index in [-0.39, 0.29) is 18.0 Å². The average molecular weight is 512 g/mol. The Kier molecular flexibility index (Phi) is 8.15. The average Bonchev–Trinajstić information content (AvgIpc) is 3.63. The van der Waals surface area contributed by atoms with Crippen molar-refractivity contribution in [3.05, 3.63) is 66.3 Å². The maximum absolute atomic E-state index is 13.5. The fraction of sp³-hybridized carbons (Fsp3) is 0.538. The van der Waals surface area contributed by atoms with E-state index in [4.69, 9.17) is 0 Å². The van der Waals surface area contributed by atoms with Gasteiger partial charge in [0.25, 0.3) is 0 Å². The summed E-state index contributed by atoms with van der Waals surface area (Å²) in [5.74, 6) is 1.17. The van der Waals surface area contributed by atoms with Crippen LogP contribution in [-0.2, 0) is 29.7 Å². The van der Waals surface area contributed by atoms with E-state index in [1.807, 2.05) is 12.1 Å². The predicted octanol–water partition coefficient (Wildman–Crippen LogP) is 3.41. The number of likely N-dealkylation sites (tertiary alicyclic amines) is 1. The maximum atomic E-state index is 13.5. The minimum atomic E-state index is -3.73. The molecule has 1 saturated heterocycles. The second-order valence-corrected chi connectivity index (χ2v) is 11.9. The van der Waals surface area contributed by atoms with Gasteiger partial charge < -0.3 is 20.2 Å². The molecule has 9 nitrogen and oxygen atoms in total. The molecule has 0 atom stereocenters. The van der Waals surface area contributed by atoms with Gasteiger partial charge in [0.2, 0.25) is 10.0 Å². The molecule has 3 heterocycles. The van der Waals surface area contributed by atoms with Crippen LogP contribution in [0.3, 0.4) is 0 Å². The molecule has 1 aliphatic heterocycles. The fourth-order valence-electron chi connectivity index (χ4n) is 5.45. The van der Waals surface area contributed by atoms with Crippen molar-refractivity contribution >= 4 is 10.0 Å². The summed E-state index contributed by atoms with van der Waals surface area (Å²) in [7, 11) is -3.73. The van der Waals surface area contributed by atoms with Gasteiger partial charge >= 0.3 is 0 Å². The first kappa shape index (κ1) is 25.1. The molecular formula is C26H37N7O2S. The lowest BCUT2D eigenvalue weighted by Gasteiger charge is -2.39. The number of nitrogens with zero attached hydrogens (tertiary/aromatic N) is 4. The van der Waals surface area contributed by atoms with Crippen molar-refractivity contribution in [1.29, 1.82) is 0 Å². The van der Waals surface area contributed by atoms with Crippen molar-refractivity contribution in [2.75, 3.05) is 13.1 Å². The van der Waals surface area contributed by atoms with Gasteiger partial charge in [0.05, 0.1) is 18.0 Å². The first-order valence-electron chi connectivity index (χ1n) is 13.1. The van der Waals surface area contributed by atoms with Gasteiger partial charge in [-0.05, 0) is 69.3 Å². The third kappa shape index (κ3) is 6.23. The molecule has 10 heteroatoms. The van der Waals surface area contributed by atoms with E-state index in [1.165, 1.54) is 62.3 Å². The Labute approximate surface area is 213 Å². The number of imidazole rings is 2.